The van der Waals surface area contributed by atoms with Gasteiger partial charge in [-0.25, -0.2) is 13.1 Å². The standard InChI is InChI=1S/C14H18N2O2S2/c1-10(8-13-7-6-11(2)19-13)16-20(17,18)14-5-3-4-12(15)9-14/h3-7,9-10,16H,8,15H2,1-2H3. The van der Waals surface area contributed by atoms with E-state index in [9.17, 15) is 8.42 Å². The molecule has 0 amide bonds. The van der Waals surface area contributed by atoms with E-state index in [1.54, 1.807) is 29.5 Å². The van der Waals surface area contributed by atoms with Crippen LogP contribution in [0.2, 0.25) is 0 Å². The van der Waals surface area contributed by atoms with E-state index in [0.717, 1.165) is 0 Å². The van der Waals surface area contributed by atoms with E-state index in [-0.39, 0.29) is 10.9 Å². The highest BCUT2D eigenvalue weighted by Gasteiger charge is 2.18. The molecule has 0 aliphatic rings. The van der Waals surface area contributed by atoms with Gasteiger partial charge in [-0.05, 0) is 50.6 Å². The van der Waals surface area contributed by atoms with Crippen LogP contribution >= 0.6 is 11.3 Å². The second-order valence-corrected chi connectivity index (χ2v) is 7.90. The molecule has 20 heavy (non-hydrogen) atoms. The van der Waals surface area contributed by atoms with Crippen molar-refractivity contribution in [1.82, 2.24) is 4.72 Å². The lowest BCUT2D eigenvalue weighted by molar-refractivity contribution is 0.561. The topological polar surface area (TPSA) is 72.2 Å². The van der Waals surface area contributed by atoms with Crippen molar-refractivity contribution in [2.24, 2.45) is 0 Å². The van der Waals surface area contributed by atoms with Crippen LogP contribution in [0, 0.1) is 6.92 Å². The van der Waals surface area contributed by atoms with Crippen LogP contribution in [0.1, 0.15) is 16.7 Å². The van der Waals surface area contributed by atoms with E-state index < -0.39 is 10.0 Å². The molecule has 0 radical (unpaired) electrons. The minimum atomic E-state index is -3.52. The van der Waals surface area contributed by atoms with Crippen molar-refractivity contribution in [3.05, 3.63) is 46.2 Å². The fraction of sp³-hybridized carbons (Fsp3) is 0.286. The van der Waals surface area contributed by atoms with Gasteiger partial charge in [0, 0.05) is 21.5 Å². The fourth-order valence-electron chi connectivity index (χ4n) is 1.95. The molecule has 0 aliphatic heterocycles. The number of thiophene rings is 1. The molecular formula is C14H18N2O2S2. The molecule has 2 aromatic rings. The maximum atomic E-state index is 12.2. The summed E-state index contributed by atoms with van der Waals surface area (Å²) in [5.74, 6) is 0. The van der Waals surface area contributed by atoms with Crippen LogP contribution in [-0.2, 0) is 16.4 Å². The van der Waals surface area contributed by atoms with Crippen molar-refractivity contribution in [2.75, 3.05) is 5.73 Å². The summed E-state index contributed by atoms with van der Waals surface area (Å²) in [6, 6.07) is 10.2. The Morgan fingerprint density at radius 2 is 2.05 bits per heavy atom. The maximum absolute atomic E-state index is 12.2. The predicted molar refractivity (Wildman–Crippen MR) is 83.4 cm³/mol. The SMILES string of the molecule is Cc1ccc(CC(C)NS(=O)(=O)c2cccc(N)c2)s1. The molecule has 0 bridgehead atoms. The van der Waals surface area contributed by atoms with Gasteiger partial charge in [0.15, 0.2) is 0 Å². The van der Waals surface area contributed by atoms with Crippen molar-refractivity contribution >= 4 is 27.0 Å². The highest BCUT2D eigenvalue weighted by molar-refractivity contribution is 7.89. The summed E-state index contributed by atoms with van der Waals surface area (Å²) in [6.07, 6.45) is 0.681. The first kappa shape index (κ1) is 15.0. The Bertz CT molecular complexity index is 693. The van der Waals surface area contributed by atoms with Crippen molar-refractivity contribution in [3.63, 3.8) is 0 Å². The number of hydrogen-bond acceptors (Lipinski definition) is 4. The third-order valence-corrected chi connectivity index (χ3v) is 5.44. The highest BCUT2D eigenvalue weighted by atomic mass is 32.2. The molecule has 6 heteroatoms. The first-order valence-corrected chi connectivity index (χ1v) is 8.60. The Morgan fingerprint density at radius 1 is 1.30 bits per heavy atom. The minimum Gasteiger partial charge on any atom is -0.399 e. The van der Waals surface area contributed by atoms with Gasteiger partial charge in [0.1, 0.15) is 0 Å². The molecule has 1 unspecified atom stereocenters. The van der Waals surface area contributed by atoms with Gasteiger partial charge in [0.25, 0.3) is 0 Å². The number of hydrogen-bond donors (Lipinski definition) is 2. The summed E-state index contributed by atoms with van der Waals surface area (Å²) >= 11 is 1.69. The predicted octanol–water partition coefficient (Wildman–Crippen LogP) is 2.55. The van der Waals surface area contributed by atoms with Gasteiger partial charge in [-0.15, -0.1) is 11.3 Å². The largest absolute Gasteiger partial charge is 0.399 e. The van der Waals surface area contributed by atoms with E-state index in [4.69, 9.17) is 5.73 Å². The number of nitrogen functional groups attached to an aromatic ring is 1. The van der Waals surface area contributed by atoms with Crippen LogP contribution in [0.25, 0.3) is 0 Å². The van der Waals surface area contributed by atoms with Crippen molar-refractivity contribution < 1.29 is 8.42 Å². The lowest BCUT2D eigenvalue weighted by Gasteiger charge is -2.13. The number of anilines is 1. The van der Waals surface area contributed by atoms with Crippen LogP contribution < -0.4 is 10.5 Å². The molecule has 2 rings (SSSR count). The first-order chi connectivity index (χ1) is 9.37. The zero-order chi connectivity index (χ0) is 14.8. The zero-order valence-corrected chi connectivity index (χ0v) is 13.1. The number of aryl methyl sites for hydroxylation is 1. The quantitative estimate of drug-likeness (QED) is 0.834. The minimum absolute atomic E-state index is 0.167. The fourth-order valence-corrected chi connectivity index (χ4v) is 4.27. The summed E-state index contributed by atoms with van der Waals surface area (Å²) in [7, 11) is -3.52. The van der Waals surface area contributed by atoms with Crippen molar-refractivity contribution in [1.29, 1.82) is 0 Å². The Morgan fingerprint density at radius 3 is 2.65 bits per heavy atom. The third kappa shape index (κ3) is 3.82. The molecule has 0 fully saturated rings. The molecule has 0 saturated carbocycles. The molecule has 108 valence electrons. The number of nitrogens with two attached hydrogens (primary N) is 1. The molecule has 1 aromatic carbocycles. The number of benzene rings is 1. The normalized spacial score (nSPS) is 13.3. The average Bonchev–Trinajstić information content (AvgIpc) is 2.73. The van der Waals surface area contributed by atoms with Gasteiger partial charge in [0.2, 0.25) is 10.0 Å². The van der Waals surface area contributed by atoms with Crippen LogP contribution in [0.15, 0.2) is 41.3 Å². The van der Waals surface area contributed by atoms with Crippen LogP contribution in [-0.4, -0.2) is 14.5 Å². The van der Waals surface area contributed by atoms with E-state index in [1.165, 1.54) is 15.8 Å². The molecule has 0 aliphatic carbocycles. The molecular weight excluding hydrogens is 292 g/mol. The molecule has 1 aromatic heterocycles. The van der Waals surface area contributed by atoms with Gasteiger partial charge < -0.3 is 5.73 Å². The smallest absolute Gasteiger partial charge is 0.240 e. The molecule has 0 spiro atoms. The van der Waals surface area contributed by atoms with Crippen LogP contribution in [0.4, 0.5) is 5.69 Å². The van der Waals surface area contributed by atoms with E-state index in [0.29, 0.717) is 12.1 Å². The number of rotatable bonds is 5. The highest BCUT2D eigenvalue weighted by Crippen LogP contribution is 2.18. The third-order valence-electron chi connectivity index (χ3n) is 2.83. The van der Waals surface area contributed by atoms with E-state index in [1.807, 2.05) is 26.0 Å². The van der Waals surface area contributed by atoms with Gasteiger partial charge in [0.05, 0.1) is 4.90 Å². The van der Waals surface area contributed by atoms with Gasteiger partial charge >= 0.3 is 0 Å². The lowest BCUT2D eigenvalue weighted by atomic mass is 10.2. The summed E-state index contributed by atoms with van der Waals surface area (Å²) in [4.78, 5) is 2.60. The Balaban J connectivity index is 2.08. The summed E-state index contributed by atoms with van der Waals surface area (Å²) < 4.78 is 27.1. The van der Waals surface area contributed by atoms with Gasteiger partial charge in [-0.3, -0.25) is 0 Å². The zero-order valence-electron chi connectivity index (χ0n) is 11.5. The lowest BCUT2D eigenvalue weighted by Crippen LogP contribution is -2.33. The number of sulfonamides is 1. The van der Waals surface area contributed by atoms with Crippen LogP contribution in [0.5, 0.6) is 0 Å². The monoisotopic (exact) mass is 310 g/mol. The Hall–Kier alpha value is -1.37. The van der Waals surface area contributed by atoms with Crippen LogP contribution in [0.3, 0.4) is 0 Å². The van der Waals surface area contributed by atoms with Crippen molar-refractivity contribution in [3.8, 4) is 0 Å². The van der Waals surface area contributed by atoms with Crippen molar-refractivity contribution in [2.45, 2.75) is 31.2 Å². The first-order valence-electron chi connectivity index (χ1n) is 6.30. The van der Waals surface area contributed by atoms with E-state index in [2.05, 4.69) is 4.72 Å². The average molecular weight is 310 g/mol. The maximum Gasteiger partial charge on any atom is 0.240 e. The second-order valence-electron chi connectivity index (χ2n) is 4.81. The van der Waals surface area contributed by atoms with E-state index >= 15 is 0 Å². The summed E-state index contributed by atoms with van der Waals surface area (Å²) in [5.41, 5.74) is 6.06. The molecule has 1 heterocycles. The Kier molecular flexibility index (Phi) is 4.47. The Labute approximate surface area is 123 Å². The number of nitrogens with one attached hydrogen (secondary N) is 1. The molecule has 0 saturated heterocycles. The second kappa shape index (κ2) is 5.95. The molecule has 1 atom stereocenters. The summed E-state index contributed by atoms with van der Waals surface area (Å²) in [5, 5.41) is 0. The van der Waals surface area contributed by atoms with Gasteiger partial charge in [-0.1, -0.05) is 6.07 Å². The summed E-state index contributed by atoms with van der Waals surface area (Å²) in [6.45, 7) is 3.90. The van der Waals surface area contributed by atoms with Gasteiger partial charge in [-0.2, -0.15) is 0 Å². The molecule has 3 N–H and O–H groups in total. The molecule has 4 nitrogen and oxygen atoms in total.